The van der Waals surface area contributed by atoms with E-state index >= 15 is 0 Å². The number of anilines is 2. The molecular formula is C25H24N4O3. The predicted molar refractivity (Wildman–Crippen MR) is 124 cm³/mol. The van der Waals surface area contributed by atoms with Crippen LogP contribution in [0.2, 0.25) is 0 Å². The maximum atomic E-state index is 12.7. The highest BCUT2D eigenvalue weighted by molar-refractivity contribution is 6.05. The fourth-order valence-corrected chi connectivity index (χ4v) is 2.93. The van der Waals surface area contributed by atoms with Crippen LogP contribution >= 0.6 is 0 Å². The number of carbonyl (C=O) groups excluding carboxylic acids is 2. The molecule has 0 atom stereocenters. The molecule has 3 N–H and O–H groups in total. The molecule has 0 bridgehead atoms. The summed E-state index contributed by atoms with van der Waals surface area (Å²) in [6, 6.07) is 22.7. The average Bonchev–Trinajstić information content (AvgIpc) is 2.77. The molecule has 3 rings (SSSR count). The summed E-state index contributed by atoms with van der Waals surface area (Å²) in [6.07, 6.45) is 0. The molecule has 32 heavy (non-hydrogen) atoms. The molecule has 0 heterocycles. The van der Waals surface area contributed by atoms with Crippen molar-refractivity contribution in [3.05, 3.63) is 89.5 Å². The molecule has 0 saturated carbocycles. The van der Waals surface area contributed by atoms with Crippen LogP contribution in [0.3, 0.4) is 0 Å². The van der Waals surface area contributed by atoms with Crippen LogP contribution in [0, 0.1) is 11.3 Å². The van der Waals surface area contributed by atoms with E-state index in [4.69, 9.17) is 10.00 Å². The second-order valence-corrected chi connectivity index (χ2v) is 7.42. The Bertz CT molecular complexity index is 1150. The van der Waals surface area contributed by atoms with E-state index in [2.05, 4.69) is 22.0 Å². The topological polar surface area (TPSA) is 103 Å². The highest BCUT2D eigenvalue weighted by atomic mass is 16.5. The van der Waals surface area contributed by atoms with E-state index in [1.54, 1.807) is 60.7 Å². The minimum absolute atomic E-state index is 0.00580. The number of amides is 3. The Hall–Kier alpha value is -4.31. The summed E-state index contributed by atoms with van der Waals surface area (Å²) < 4.78 is 5.80. The first kappa shape index (κ1) is 22.4. The van der Waals surface area contributed by atoms with Gasteiger partial charge in [0.1, 0.15) is 12.4 Å². The Labute approximate surface area is 187 Å². The van der Waals surface area contributed by atoms with Crippen LogP contribution in [-0.2, 0) is 6.61 Å². The number of hydrogen-bond donors (Lipinski definition) is 3. The average molecular weight is 428 g/mol. The van der Waals surface area contributed by atoms with Gasteiger partial charge in [0.2, 0.25) is 0 Å². The van der Waals surface area contributed by atoms with Crippen molar-refractivity contribution in [2.24, 2.45) is 0 Å². The molecule has 0 radical (unpaired) electrons. The minimum Gasteiger partial charge on any atom is -0.489 e. The fraction of sp³-hybridized carbons (Fsp3) is 0.160. The van der Waals surface area contributed by atoms with Crippen molar-refractivity contribution in [2.75, 3.05) is 10.6 Å². The van der Waals surface area contributed by atoms with Gasteiger partial charge >= 0.3 is 6.03 Å². The highest BCUT2D eigenvalue weighted by Crippen LogP contribution is 2.20. The monoisotopic (exact) mass is 428 g/mol. The number of rotatable bonds is 7. The van der Waals surface area contributed by atoms with Gasteiger partial charge in [0.25, 0.3) is 5.91 Å². The Morgan fingerprint density at radius 2 is 1.66 bits per heavy atom. The number of nitrogens with zero attached hydrogens (tertiary/aromatic N) is 1. The molecule has 7 heteroatoms. The van der Waals surface area contributed by atoms with Crippen LogP contribution in [0.15, 0.2) is 72.8 Å². The van der Waals surface area contributed by atoms with Gasteiger partial charge in [0, 0.05) is 29.0 Å². The lowest BCUT2D eigenvalue weighted by atomic mass is 10.1. The zero-order valence-corrected chi connectivity index (χ0v) is 17.9. The molecule has 0 spiro atoms. The van der Waals surface area contributed by atoms with Crippen molar-refractivity contribution < 1.29 is 14.3 Å². The first-order valence-corrected chi connectivity index (χ1v) is 10.1. The minimum atomic E-state index is -0.331. The smallest absolute Gasteiger partial charge is 0.319 e. The number of benzene rings is 3. The third-order valence-electron chi connectivity index (χ3n) is 4.36. The molecule has 0 fully saturated rings. The van der Waals surface area contributed by atoms with Gasteiger partial charge in [0.15, 0.2) is 0 Å². The van der Waals surface area contributed by atoms with Crippen molar-refractivity contribution in [3.8, 4) is 11.8 Å². The maximum absolute atomic E-state index is 12.7. The van der Waals surface area contributed by atoms with Crippen LogP contribution in [0.1, 0.15) is 35.3 Å². The van der Waals surface area contributed by atoms with Gasteiger partial charge in [-0.2, -0.15) is 5.26 Å². The van der Waals surface area contributed by atoms with Gasteiger partial charge in [0.05, 0.1) is 11.6 Å². The summed E-state index contributed by atoms with van der Waals surface area (Å²) in [5.41, 5.74) is 2.96. The summed E-state index contributed by atoms with van der Waals surface area (Å²) in [6.45, 7) is 4.04. The molecule has 3 aromatic carbocycles. The van der Waals surface area contributed by atoms with Crippen LogP contribution in [0.4, 0.5) is 16.2 Å². The largest absolute Gasteiger partial charge is 0.489 e. The maximum Gasteiger partial charge on any atom is 0.319 e. The van der Waals surface area contributed by atoms with Crippen molar-refractivity contribution >= 4 is 23.3 Å². The van der Waals surface area contributed by atoms with Gasteiger partial charge < -0.3 is 20.7 Å². The number of hydrogen-bond acceptors (Lipinski definition) is 4. The number of nitrogens with one attached hydrogen (secondary N) is 3. The third kappa shape index (κ3) is 6.61. The van der Waals surface area contributed by atoms with Gasteiger partial charge in [-0.3, -0.25) is 4.79 Å². The summed E-state index contributed by atoms with van der Waals surface area (Å²) in [7, 11) is 0. The first-order chi connectivity index (χ1) is 15.4. The van der Waals surface area contributed by atoms with Crippen molar-refractivity contribution in [1.82, 2.24) is 5.32 Å². The van der Waals surface area contributed by atoms with E-state index < -0.39 is 0 Å². The van der Waals surface area contributed by atoms with Gasteiger partial charge in [-0.15, -0.1) is 0 Å². The van der Waals surface area contributed by atoms with Crippen LogP contribution < -0.4 is 20.7 Å². The van der Waals surface area contributed by atoms with Crippen LogP contribution in [0.25, 0.3) is 0 Å². The van der Waals surface area contributed by atoms with Crippen molar-refractivity contribution in [3.63, 3.8) is 0 Å². The van der Waals surface area contributed by atoms with Crippen molar-refractivity contribution in [2.45, 2.75) is 26.5 Å². The number of urea groups is 1. The number of ether oxygens (including phenoxy) is 1. The van der Waals surface area contributed by atoms with E-state index in [9.17, 15) is 9.59 Å². The molecule has 7 nitrogen and oxygen atoms in total. The lowest BCUT2D eigenvalue weighted by Gasteiger charge is -2.12. The van der Waals surface area contributed by atoms with Gasteiger partial charge in [-0.1, -0.05) is 24.3 Å². The van der Waals surface area contributed by atoms with E-state index in [-0.39, 0.29) is 18.0 Å². The Kier molecular flexibility index (Phi) is 7.44. The number of nitriles is 1. The molecule has 0 aromatic heterocycles. The summed E-state index contributed by atoms with van der Waals surface area (Å²) >= 11 is 0. The second kappa shape index (κ2) is 10.6. The zero-order valence-electron chi connectivity index (χ0n) is 17.9. The Morgan fingerprint density at radius 3 is 2.41 bits per heavy atom. The predicted octanol–water partition coefficient (Wildman–Crippen LogP) is 4.92. The molecule has 0 aliphatic carbocycles. The molecule has 3 aromatic rings. The van der Waals surface area contributed by atoms with Gasteiger partial charge in [-0.05, 0) is 61.9 Å². The fourth-order valence-electron chi connectivity index (χ4n) is 2.93. The summed E-state index contributed by atoms with van der Waals surface area (Å²) in [5, 5.41) is 17.3. The van der Waals surface area contributed by atoms with Gasteiger partial charge in [-0.25, -0.2) is 4.79 Å². The molecule has 3 amide bonds. The van der Waals surface area contributed by atoms with E-state index in [0.29, 0.717) is 34.9 Å². The Morgan fingerprint density at radius 1 is 0.938 bits per heavy atom. The zero-order chi connectivity index (χ0) is 22.9. The van der Waals surface area contributed by atoms with E-state index in [0.717, 1.165) is 5.56 Å². The lowest BCUT2D eigenvalue weighted by Crippen LogP contribution is -2.34. The normalized spacial score (nSPS) is 10.2. The first-order valence-electron chi connectivity index (χ1n) is 10.1. The summed E-state index contributed by atoms with van der Waals surface area (Å²) in [4.78, 5) is 24.6. The molecule has 0 unspecified atom stereocenters. The lowest BCUT2D eigenvalue weighted by molar-refractivity contribution is 0.102. The molecular weight excluding hydrogens is 404 g/mol. The molecule has 0 aliphatic rings. The quantitative estimate of drug-likeness (QED) is 0.497. The SMILES string of the molecule is CC(C)NC(=O)Nc1cccc(C(=O)Nc2cccc(OCc3cccc(C#N)c3)c2)c1. The standard InChI is InChI=1S/C25H24N4O3/c1-17(2)27-25(31)29-21-9-4-8-20(13-21)24(30)28-22-10-5-11-23(14-22)32-16-19-7-3-6-18(12-19)15-26/h3-14,17H,16H2,1-2H3,(H,28,30)(H2,27,29,31). The van der Waals surface area contributed by atoms with E-state index in [1.165, 1.54) is 0 Å². The molecule has 0 saturated heterocycles. The van der Waals surface area contributed by atoms with E-state index in [1.807, 2.05) is 26.0 Å². The highest BCUT2D eigenvalue weighted by Gasteiger charge is 2.10. The van der Waals surface area contributed by atoms with Crippen LogP contribution in [-0.4, -0.2) is 18.0 Å². The summed E-state index contributed by atoms with van der Waals surface area (Å²) in [5.74, 6) is 0.280. The Balaban J connectivity index is 1.62. The second-order valence-electron chi connectivity index (χ2n) is 7.42. The molecule has 0 aliphatic heterocycles. The van der Waals surface area contributed by atoms with Crippen LogP contribution in [0.5, 0.6) is 5.75 Å². The molecule has 162 valence electrons. The van der Waals surface area contributed by atoms with Crippen molar-refractivity contribution in [1.29, 1.82) is 5.26 Å². The number of carbonyl (C=O) groups is 2. The third-order valence-corrected chi connectivity index (χ3v) is 4.36.